The third kappa shape index (κ3) is 1.26. The Morgan fingerprint density at radius 3 is 2.58 bits per heavy atom. The molecular formula is C9H10N2O. The molecule has 0 radical (unpaired) electrons. The first-order valence-electron chi connectivity index (χ1n) is 3.79. The highest BCUT2D eigenvalue weighted by Gasteiger charge is 2.10. The van der Waals surface area contributed by atoms with Gasteiger partial charge in [-0.3, -0.25) is 0 Å². The van der Waals surface area contributed by atoms with Crippen LogP contribution in [0, 0.1) is 0 Å². The number of hydrogen-bond donors (Lipinski definition) is 2. The zero-order valence-corrected chi connectivity index (χ0v) is 6.53. The summed E-state index contributed by atoms with van der Waals surface area (Å²) in [4.78, 5) is 4.88. The normalized spacial score (nSPS) is 20.8. The Hall–Kier alpha value is -1.48. The summed E-state index contributed by atoms with van der Waals surface area (Å²) in [6.07, 6.45) is 3.59. The van der Waals surface area contributed by atoms with E-state index in [0.717, 1.165) is 11.3 Å². The summed E-state index contributed by atoms with van der Waals surface area (Å²) in [5, 5.41) is 0. The summed E-state index contributed by atoms with van der Waals surface area (Å²) in [5.74, 6) is 0. The Morgan fingerprint density at radius 1 is 1.25 bits per heavy atom. The molecule has 1 unspecified atom stereocenters. The van der Waals surface area contributed by atoms with Gasteiger partial charge in [0, 0.05) is 5.69 Å². The van der Waals surface area contributed by atoms with Crippen LogP contribution in [0.15, 0.2) is 36.6 Å². The molecule has 1 heterocycles. The topological polar surface area (TPSA) is 47.3 Å². The van der Waals surface area contributed by atoms with Crippen molar-refractivity contribution in [3.8, 4) is 0 Å². The third-order valence-electron chi connectivity index (χ3n) is 1.83. The Kier molecular flexibility index (Phi) is 1.72. The number of rotatable bonds is 1. The molecule has 0 aromatic heterocycles. The van der Waals surface area contributed by atoms with Crippen LogP contribution in [0.5, 0.6) is 0 Å². The minimum atomic E-state index is 0.158. The Labute approximate surface area is 70.8 Å². The molecule has 1 aromatic rings. The van der Waals surface area contributed by atoms with Crippen molar-refractivity contribution in [3.05, 3.63) is 42.2 Å². The molecular weight excluding hydrogens is 152 g/mol. The lowest BCUT2D eigenvalue weighted by atomic mass is 10.1. The molecule has 0 aliphatic carbocycles. The molecule has 3 N–H and O–H groups in total. The van der Waals surface area contributed by atoms with Crippen molar-refractivity contribution in [2.24, 2.45) is 0 Å². The second-order valence-electron chi connectivity index (χ2n) is 2.71. The molecule has 0 saturated carbocycles. The van der Waals surface area contributed by atoms with Crippen molar-refractivity contribution >= 4 is 5.69 Å². The van der Waals surface area contributed by atoms with E-state index in [-0.39, 0.29) is 6.04 Å². The predicted molar refractivity (Wildman–Crippen MR) is 47.0 cm³/mol. The fourth-order valence-electron chi connectivity index (χ4n) is 1.15. The van der Waals surface area contributed by atoms with E-state index in [0.29, 0.717) is 0 Å². The maximum Gasteiger partial charge on any atom is 0.109 e. The molecule has 1 aromatic carbocycles. The van der Waals surface area contributed by atoms with Crippen molar-refractivity contribution in [1.29, 1.82) is 0 Å². The van der Waals surface area contributed by atoms with Crippen molar-refractivity contribution in [2.75, 3.05) is 5.73 Å². The van der Waals surface area contributed by atoms with E-state index in [1.165, 1.54) is 0 Å². The maximum atomic E-state index is 5.56. The summed E-state index contributed by atoms with van der Waals surface area (Å²) in [5.41, 5.74) is 10.3. The quantitative estimate of drug-likeness (QED) is 0.613. The van der Waals surface area contributed by atoms with Crippen LogP contribution in [-0.4, -0.2) is 0 Å². The van der Waals surface area contributed by atoms with Gasteiger partial charge in [-0.15, -0.1) is 5.48 Å². The van der Waals surface area contributed by atoms with Crippen LogP contribution < -0.4 is 11.2 Å². The second-order valence-corrected chi connectivity index (χ2v) is 2.71. The zero-order chi connectivity index (χ0) is 8.39. The van der Waals surface area contributed by atoms with Gasteiger partial charge >= 0.3 is 0 Å². The highest BCUT2D eigenvalue weighted by Crippen LogP contribution is 2.18. The van der Waals surface area contributed by atoms with E-state index in [9.17, 15) is 0 Å². The number of nitrogens with two attached hydrogens (primary N) is 1. The summed E-state index contributed by atoms with van der Waals surface area (Å²) in [6.45, 7) is 0. The van der Waals surface area contributed by atoms with Gasteiger partial charge < -0.3 is 10.6 Å². The lowest BCUT2D eigenvalue weighted by Crippen LogP contribution is -2.11. The van der Waals surface area contributed by atoms with Gasteiger partial charge in [-0.25, -0.2) is 0 Å². The van der Waals surface area contributed by atoms with Crippen LogP contribution >= 0.6 is 0 Å². The van der Waals surface area contributed by atoms with Crippen molar-refractivity contribution in [1.82, 2.24) is 5.48 Å². The van der Waals surface area contributed by atoms with Crippen molar-refractivity contribution < 1.29 is 4.84 Å². The van der Waals surface area contributed by atoms with Crippen molar-refractivity contribution in [3.63, 3.8) is 0 Å². The van der Waals surface area contributed by atoms with Crippen LogP contribution in [0.2, 0.25) is 0 Å². The lowest BCUT2D eigenvalue weighted by Gasteiger charge is -2.07. The molecule has 0 bridgehead atoms. The van der Waals surface area contributed by atoms with E-state index in [1.54, 1.807) is 6.26 Å². The van der Waals surface area contributed by atoms with Gasteiger partial charge in [-0.2, -0.15) is 0 Å². The fraction of sp³-hybridized carbons (Fsp3) is 0.111. The summed E-state index contributed by atoms with van der Waals surface area (Å²) >= 11 is 0. The van der Waals surface area contributed by atoms with E-state index < -0.39 is 0 Å². The fourth-order valence-corrected chi connectivity index (χ4v) is 1.15. The number of anilines is 1. The SMILES string of the molecule is Nc1ccc(C2C=CON2)cc1. The Balaban J connectivity index is 2.23. The molecule has 62 valence electrons. The van der Waals surface area contributed by atoms with Crippen LogP contribution in [0.3, 0.4) is 0 Å². The highest BCUT2D eigenvalue weighted by molar-refractivity contribution is 5.40. The first-order chi connectivity index (χ1) is 5.86. The van der Waals surface area contributed by atoms with Crippen LogP contribution in [0.25, 0.3) is 0 Å². The summed E-state index contributed by atoms with van der Waals surface area (Å²) < 4.78 is 0. The van der Waals surface area contributed by atoms with Gasteiger partial charge in [0.15, 0.2) is 0 Å². The molecule has 3 nitrogen and oxygen atoms in total. The highest BCUT2D eigenvalue weighted by atomic mass is 16.6. The first-order valence-corrected chi connectivity index (χ1v) is 3.79. The molecule has 0 saturated heterocycles. The molecule has 0 spiro atoms. The van der Waals surface area contributed by atoms with E-state index >= 15 is 0 Å². The molecule has 2 rings (SSSR count). The number of hydroxylamine groups is 1. The molecule has 1 aliphatic heterocycles. The number of benzene rings is 1. The molecule has 1 atom stereocenters. The van der Waals surface area contributed by atoms with Crippen molar-refractivity contribution in [2.45, 2.75) is 6.04 Å². The average Bonchev–Trinajstić information content (AvgIpc) is 2.58. The second kappa shape index (κ2) is 2.87. The van der Waals surface area contributed by atoms with E-state index in [4.69, 9.17) is 10.6 Å². The molecule has 1 aliphatic rings. The minimum absolute atomic E-state index is 0.158. The van der Waals surface area contributed by atoms with Crippen LogP contribution in [0.4, 0.5) is 5.69 Å². The molecule has 0 amide bonds. The van der Waals surface area contributed by atoms with Gasteiger partial charge in [0.25, 0.3) is 0 Å². The third-order valence-corrected chi connectivity index (χ3v) is 1.83. The minimum Gasteiger partial charge on any atom is -0.416 e. The lowest BCUT2D eigenvalue weighted by molar-refractivity contribution is 0.142. The molecule has 12 heavy (non-hydrogen) atoms. The zero-order valence-electron chi connectivity index (χ0n) is 6.53. The summed E-state index contributed by atoms with van der Waals surface area (Å²) in [7, 11) is 0. The monoisotopic (exact) mass is 162 g/mol. The maximum absolute atomic E-state index is 5.56. The Morgan fingerprint density at radius 2 is 2.00 bits per heavy atom. The van der Waals surface area contributed by atoms with Crippen LogP contribution in [0.1, 0.15) is 11.6 Å². The number of nitrogens with one attached hydrogen (secondary N) is 1. The predicted octanol–water partition coefficient (Wildman–Crippen LogP) is 1.36. The average molecular weight is 162 g/mol. The standard InChI is InChI=1S/C9H10N2O/c10-8-3-1-7(2-4-8)9-5-6-12-11-9/h1-6,9,11H,10H2. The van der Waals surface area contributed by atoms with E-state index in [2.05, 4.69) is 5.48 Å². The van der Waals surface area contributed by atoms with Gasteiger partial charge in [-0.1, -0.05) is 12.1 Å². The Bertz CT molecular complexity index is 292. The van der Waals surface area contributed by atoms with Gasteiger partial charge in [-0.05, 0) is 23.8 Å². The molecule has 3 heteroatoms. The van der Waals surface area contributed by atoms with Crippen LogP contribution in [-0.2, 0) is 4.84 Å². The largest absolute Gasteiger partial charge is 0.416 e. The van der Waals surface area contributed by atoms with Gasteiger partial charge in [0.05, 0.1) is 6.04 Å². The number of hydrogen-bond acceptors (Lipinski definition) is 3. The van der Waals surface area contributed by atoms with E-state index in [1.807, 2.05) is 30.3 Å². The van der Waals surface area contributed by atoms with Gasteiger partial charge in [0.1, 0.15) is 6.26 Å². The van der Waals surface area contributed by atoms with Gasteiger partial charge in [0.2, 0.25) is 0 Å². The number of nitrogen functional groups attached to an aromatic ring is 1. The molecule has 0 fully saturated rings. The smallest absolute Gasteiger partial charge is 0.109 e. The first kappa shape index (κ1) is 7.18. The summed E-state index contributed by atoms with van der Waals surface area (Å²) in [6, 6.07) is 7.87.